The van der Waals surface area contributed by atoms with E-state index in [0.29, 0.717) is 11.3 Å². The summed E-state index contributed by atoms with van der Waals surface area (Å²) in [6.07, 6.45) is -1.21. The SMILES string of the molecule is CC(F)c1ccccc1OCCC(=O)O. The zero-order chi connectivity index (χ0) is 11.3. The van der Waals surface area contributed by atoms with Crippen molar-refractivity contribution in [2.75, 3.05) is 6.61 Å². The van der Waals surface area contributed by atoms with Crippen LogP contribution in [0.4, 0.5) is 4.39 Å². The molecule has 0 fully saturated rings. The average molecular weight is 212 g/mol. The predicted molar refractivity (Wildman–Crippen MR) is 53.7 cm³/mol. The molecule has 1 aromatic carbocycles. The van der Waals surface area contributed by atoms with Crippen LogP contribution in [0.2, 0.25) is 0 Å². The summed E-state index contributed by atoms with van der Waals surface area (Å²) in [7, 11) is 0. The molecule has 1 atom stereocenters. The van der Waals surface area contributed by atoms with Crippen LogP contribution in [-0.2, 0) is 4.79 Å². The third-order valence-electron chi connectivity index (χ3n) is 1.92. The molecule has 0 aliphatic heterocycles. The Kier molecular flexibility index (Phi) is 4.09. The van der Waals surface area contributed by atoms with Gasteiger partial charge in [0.05, 0.1) is 13.0 Å². The lowest BCUT2D eigenvalue weighted by Crippen LogP contribution is -2.06. The maximum Gasteiger partial charge on any atom is 0.306 e. The molecule has 0 saturated heterocycles. The van der Waals surface area contributed by atoms with Crippen LogP contribution in [0.5, 0.6) is 5.75 Å². The molecule has 1 unspecified atom stereocenters. The maximum absolute atomic E-state index is 13.1. The Morgan fingerprint density at radius 3 is 2.80 bits per heavy atom. The van der Waals surface area contributed by atoms with Crippen molar-refractivity contribution in [1.82, 2.24) is 0 Å². The van der Waals surface area contributed by atoms with E-state index in [1.54, 1.807) is 24.3 Å². The Morgan fingerprint density at radius 2 is 2.20 bits per heavy atom. The van der Waals surface area contributed by atoms with E-state index < -0.39 is 12.1 Å². The molecule has 0 saturated carbocycles. The van der Waals surface area contributed by atoms with Crippen molar-refractivity contribution in [3.8, 4) is 5.75 Å². The molecule has 0 bridgehead atoms. The van der Waals surface area contributed by atoms with Crippen LogP contribution >= 0.6 is 0 Å². The lowest BCUT2D eigenvalue weighted by Gasteiger charge is -2.10. The molecule has 1 rings (SSSR count). The minimum absolute atomic E-state index is 0.0546. The molecule has 0 aromatic heterocycles. The molecule has 15 heavy (non-hydrogen) atoms. The van der Waals surface area contributed by atoms with E-state index in [4.69, 9.17) is 9.84 Å². The first-order chi connectivity index (χ1) is 7.11. The van der Waals surface area contributed by atoms with Crippen LogP contribution in [0, 0.1) is 0 Å². The zero-order valence-electron chi connectivity index (χ0n) is 8.44. The van der Waals surface area contributed by atoms with Gasteiger partial charge >= 0.3 is 5.97 Å². The number of alkyl halides is 1. The normalized spacial score (nSPS) is 12.1. The van der Waals surface area contributed by atoms with Gasteiger partial charge in [0, 0.05) is 5.56 Å². The van der Waals surface area contributed by atoms with Gasteiger partial charge in [-0.25, -0.2) is 4.39 Å². The predicted octanol–water partition coefficient (Wildman–Crippen LogP) is 2.57. The second-order valence-electron chi connectivity index (χ2n) is 3.15. The molecule has 82 valence electrons. The highest BCUT2D eigenvalue weighted by Crippen LogP contribution is 2.26. The first kappa shape index (κ1) is 11.5. The quantitative estimate of drug-likeness (QED) is 0.815. The Morgan fingerprint density at radius 1 is 1.53 bits per heavy atom. The molecule has 3 nitrogen and oxygen atoms in total. The Labute approximate surface area is 87.5 Å². The standard InChI is InChI=1S/C11H13FO3/c1-8(12)9-4-2-3-5-10(9)15-7-6-11(13)14/h2-5,8H,6-7H2,1H3,(H,13,14). The first-order valence-electron chi connectivity index (χ1n) is 4.69. The van der Waals surface area contributed by atoms with E-state index in [9.17, 15) is 9.18 Å². The Bertz CT molecular complexity index is 336. The third-order valence-corrected chi connectivity index (χ3v) is 1.92. The van der Waals surface area contributed by atoms with Crippen molar-refractivity contribution in [3.63, 3.8) is 0 Å². The minimum atomic E-state index is -1.12. The summed E-state index contributed by atoms with van der Waals surface area (Å²) in [4.78, 5) is 10.3. The number of carboxylic acid groups (broad SMARTS) is 1. The average Bonchev–Trinajstić information content (AvgIpc) is 2.17. The summed E-state index contributed by atoms with van der Waals surface area (Å²) >= 11 is 0. The van der Waals surface area contributed by atoms with E-state index in [1.165, 1.54) is 6.92 Å². The molecule has 0 heterocycles. The largest absolute Gasteiger partial charge is 0.493 e. The molecular formula is C11H13FO3. The molecular weight excluding hydrogens is 199 g/mol. The highest BCUT2D eigenvalue weighted by Gasteiger charge is 2.09. The van der Waals surface area contributed by atoms with Crippen molar-refractivity contribution in [2.45, 2.75) is 19.5 Å². The van der Waals surface area contributed by atoms with Crippen molar-refractivity contribution >= 4 is 5.97 Å². The summed E-state index contributed by atoms with van der Waals surface area (Å²) < 4.78 is 18.3. The monoisotopic (exact) mass is 212 g/mol. The highest BCUT2D eigenvalue weighted by atomic mass is 19.1. The lowest BCUT2D eigenvalue weighted by atomic mass is 10.1. The molecule has 0 spiro atoms. The second kappa shape index (κ2) is 5.34. The van der Waals surface area contributed by atoms with E-state index in [1.807, 2.05) is 0 Å². The fourth-order valence-corrected chi connectivity index (χ4v) is 1.19. The van der Waals surface area contributed by atoms with Crippen LogP contribution in [0.1, 0.15) is 25.1 Å². The fraction of sp³-hybridized carbons (Fsp3) is 0.364. The third kappa shape index (κ3) is 3.58. The van der Waals surface area contributed by atoms with Gasteiger partial charge in [-0.05, 0) is 13.0 Å². The summed E-state index contributed by atoms with van der Waals surface area (Å²) in [5.41, 5.74) is 0.447. The Balaban J connectivity index is 2.63. The number of hydrogen-bond acceptors (Lipinski definition) is 2. The van der Waals surface area contributed by atoms with Gasteiger partial charge in [0.25, 0.3) is 0 Å². The zero-order valence-corrected chi connectivity index (χ0v) is 8.44. The topological polar surface area (TPSA) is 46.5 Å². The van der Waals surface area contributed by atoms with Crippen molar-refractivity contribution in [1.29, 1.82) is 0 Å². The number of para-hydroxylation sites is 1. The van der Waals surface area contributed by atoms with Gasteiger partial charge in [0.1, 0.15) is 11.9 Å². The molecule has 0 aliphatic carbocycles. The Hall–Kier alpha value is -1.58. The van der Waals surface area contributed by atoms with E-state index in [2.05, 4.69) is 0 Å². The van der Waals surface area contributed by atoms with Crippen LogP contribution in [0.25, 0.3) is 0 Å². The molecule has 0 amide bonds. The number of ether oxygens (including phenoxy) is 1. The van der Waals surface area contributed by atoms with Crippen LogP contribution in [0.15, 0.2) is 24.3 Å². The number of hydrogen-bond donors (Lipinski definition) is 1. The number of aliphatic carboxylic acids is 1. The number of carboxylic acids is 1. The first-order valence-corrected chi connectivity index (χ1v) is 4.69. The van der Waals surface area contributed by atoms with Crippen LogP contribution in [0.3, 0.4) is 0 Å². The number of halogens is 1. The number of carbonyl (C=O) groups is 1. The maximum atomic E-state index is 13.1. The fourth-order valence-electron chi connectivity index (χ4n) is 1.19. The van der Waals surface area contributed by atoms with Crippen LogP contribution in [-0.4, -0.2) is 17.7 Å². The van der Waals surface area contributed by atoms with Crippen molar-refractivity contribution < 1.29 is 19.0 Å². The van der Waals surface area contributed by atoms with Gasteiger partial charge in [-0.2, -0.15) is 0 Å². The molecule has 0 aliphatic rings. The van der Waals surface area contributed by atoms with Gasteiger partial charge in [-0.15, -0.1) is 0 Å². The van der Waals surface area contributed by atoms with E-state index in [-0.39, 0.29) is 13.0 Å². The van der Waals surface area contributed by atoms with E-state index in [0.717, 1.165) is 0 Å². The number of rotatable bonds is 5. The van der Waals surface area contributed by atoms with Crippen LogP contribution < -0.4 is 4.74 Å². The summed E-state index contributed by atoms with van der Waals surface area (Å²) in [5.74, 6) is -0.519. The lowest BCUT2D eigenvalue weighted by molar-refractivity contribution is -0.137. The van der Waals surface area contributed by atoms with Gasteiger partial charge in [0.2, 0.25) is 0 Å². The highest BCUT2D eigenvalue weighted by molar-refractivity contribution is 5.66. The summed E-state index contributed by atoms with van der Waals surface area (Å²) in [6, 6.07) is 6.70. The molecule has 1 N–H and O–H groups in total. The summed E-state index contributed by atoms with van der Waals surface area (Å²) in [5, 5.41) is 8.42. The molecule has 1 aromatic rings. The molecule has 0 radical (unpaired) electrons. The molecule has 4 heteroatoms. The summed E-state index contributed by atoms with van der Waals surface area (Å²) in [6.45, 7) is 1.47. The smallest absolute Gasteiger partial charge is 0.306 e. The number of benzene rings is 1. The van der Waals surface area contributed by atoms with Gasteiger partial charge in [-0.3, -0.25) is 4.79 Å². The second-order valence-corrected chi connectivity index (χ2v) is 3.15. The minimum Gasteiger partial charge on any atom is -0.493 e. The van der Waals surface area contributed by atoms with Crippen molar-refractivity contribution in [2.24, 2.45) is 0 Å². The van der Waals surface area contributed by atoms with Gasteiger partial charge < -0.3 is 9.84 Å². The van der Waals surface area contributed by atoms with Crippen molar-refractivity contribution in [3.05, 3.63) is 29.8 Å². The van der Waals surface area contributed by atoms with E-state index >= 15 is 0 Å². The van der Waals surface area contributed by atoms with Gasteiger partial charge in [-0.1, -0.05) is 18.2 Å². The van der Waals surface area contributed by atoms with Gasteiger partial charge in [0.15, 0.2) is 0 Å².